The lowest BCUT2D eigenvalue weighted by Crippen LogP contribution is -2.51. The number of thioether (sulfide) groups is 1. The summed E-state index contributed by atoms with van der Waals surface area (Å²) in [7, 11) is 0. The topological polar surface area (TPSA) is 40.5 Å². The molecular formula is C12H21NO2S. The van der Waals surface area contributed by atoms with Crippen molar-refractivity contribution >= 4 is 17.7 Å². The van der Waals surface area contributed by atoms with Gasteiger partial charge in [0.1, 0.15) is 0 Å². The Labute approximate surface area is 102 Å². The zero-order valence-electron chi connectivity index (χ0n) is 9.89. The molecule has 2 fully saturated rings. The molecule has 2 rings (SSSR count). The number of aliphatic hydroxyl groups is 1. The van der Waals surface area contributed by atoms with Crippen LogP contribution in [-0.4, -0.2) is 46.1 Å². The summed E-state index contributed by atoms with van der Waals surface area (Å²) in [5, 5.41) is 9.77. The Bertz CT molecular complexity index is 259. The largest absolute Gasteiger partial charge is 0.393 e. The van der Waals surface area contributed by atoms with Crippen molar-refractivity contribution in [1.29, 1.82) is 0 Å². The Balaban J connectivity index is 2.05. The number of hydrogen-bond acceptors (Lipinski definition) is 3. The van der Waals surface area contributed by atoms with Crippen molar-refractivity contribution in [2.45, 2.75) is 44.8 Å². The van der Waals surface area contributed by atoms with Gasteiger partial charge in [0.25, 0.3) is 0 Å². The predicted molar refractivity (Wildman–Crippen MR) is 66.5 cm³/mol. The average molecular weight is 243 g/mol. The maximum Gasteiger partial charge on any atom is 0.232 e. The standard InChI is InChI=1S/C12H21NO2S/c1-2-9-3-4-10(14)7-11(9)13-5-6-16-8-12(13)15/h9-11,14H,2-8H2,1H3. The van der Waals surface area contributed by atoms with Crippen LogP contribution in [0.15, 0.2) is 0 Å². The summed E-state index contributed by atoms with van der Waals surface area (Å²) in [6.45, 7) is 3.07. The molecule has 3 nitrogen and oxygen atoms in total. The molecule has 0 aromatic carbocycles. The molecule has 0 bridgehead atoms. The molecule has 1 aliphatic carbocycles. The normalized spacial score (nSPS) is 36.5. The third-order valence-corrected chi connectivity index (χ3v) is 4.80. The first-order valence-electron chi connectivity index (χ1n) is 6.27. The third kappa shape index (κ3) is 2.54. The quantitative estimate of drug-likeness (QED) is 0.799. The Kier molecular flexibility index (Phi) is 4.14. The summed E-state index contributed by atoms with van der Waals surface area (Å²) in [5.41, 5.74) is 0. The summed E-state index contributed by atoms with van der Waals surface area (Å²) in [5.74, 6) is 2.54. The second-order valence-corrected chi connectivity index (χ2v) is 5.95. The minimum absolute atomic E-state index is 0.199. The Morgan fingerprint density at radius 1 is 1.50 bits per heavy atom. The van der Waals surface area contributed by atoms with E-state index in [1.165, 1.54) is 0 Å². The second-order valence-electron chi connectivity index (χ2n) is 4.84. The van der Waals surface area contributed by atoms with Gasteiger partial charge >= 0.3 is 0 Å². The van der Waals surface area contributed by atoms with E-state index in [4.69, 9.17) is 0 Å². The monoisotopic (exact) mass is 243 g/mol. The van der Waals surface area contributed by atoms with Crippen LogP contribution in [0, 0.1) is 5.92 Å². The van der Waals surface area contributed by atoms with Gasteiger partial charge in [-0.1, -0.05) is 13.3 Å². The van der Waals surface area contributed by atoms with Gasteiger partial charge in [-0.2, -0.15) is 11.8 Å². The highest BCUT2D eigenvalue weighted by Gasteiger charge is 2.35. The van der Waals surface area contributed by atoms with Crippen LogP contribution in [0.5, 0.6) is 0 Å². The molecule has 16 heavy (non-hydrogen) atoms. The highest BCUT2D eigenvalue weighted by molar-refractivity contribution is 8.00. The smallest absolute Gasteiger partial charge is 0.232 e. The predicted octanol–water partition coefficient (Wildman–Crippen LogP) is 1.50. The van der Waals surface area contributed by atoms with E-state index in [9.17, 15) is 9.90 Å². The molecule has 0 radical (unpaired) electrons. The fraction of sp³-hybridized carbons (Fsp3) is 0.917. The Hall–Kier alpha value is -0.220. The average Bonchev–Trinajstić information content (AvgIpc) is 2.29. The number of hydrogen-bond donors (Lipinski definition) is 1. The highest BCUT2D eigenvalue weighted by Crippen LogP contribution is 2.32. The van der Waals surface area contributed by atoms with Gasteiger partial charge in [0.2, 0.25) is 5.91 Å². The third-order valence-electron chi connectivity index (χ3n) is 3.88. The summed E-state index contributed by atoms with van der Waals surface area (Å²) < 4.78 is 0. The van der Waals surface area contributed by atoms with Gasteiger partial charge < -0.3 is 10.0 Å². The summed E-state index contributed by atoms with van der Waals surface area (Å²) in [4.78, 5) is 13.9. The van der Waals surface area contributed by atoms with E-state index < -0.39 is 0 Å². The molecule has 1 saturated carbocycles. The molecule has 2 aliphatic rings. The maximum atomic E-state index is 11.9. The molecule has 0 spiro atoms. The van der Waals surface area contributed by atoms with Crippen molar-refractivity contribution in [3.8, 4) is 0 Å². The van der Waals surface area contributed by atoms with E-state index in [1.807, 2.05) is 4.90 Å². The van der Waals surface area contributed by atoms with Crippen LogP contribution in [0.1, 0.15) is 32.6 Å². The van der Waals surface area contributed by atoms with Crippen LogP contribution in [0.3, 0.4) is 0 Å². The van der Waals surface area contributed by atoms with Crippen LogP contribution in [0.2, 0.25) is 0 Å². The molecular weight excluding hydrogens is 222 g/mol. The number of carbonyl (C=O) groups excluding carboxylic acids is 1. The van der Waals surface area contributed by atoms with E-state index in [2.05, 4.69) is 6.92 Å². The molecule has 3 unspecified atom stereocenters. The van der Waals surface area contributed by atoms with E-state index in [0.717, 1.165) is 38.0 Å². The maximum absolute atomic E-state index is 11.9. The van der Waals surface area contributed by atoms with E-state index in [0.29, 0.717) is 17.7 Å². The second kappa shape index (κ2) is 5.41. The van der Waals surface area contributed by atoms with E-state index >= 15 is 0 Å². The van der Waals surface area contributed by atoms with Crippen molar-refractivity contribution in [3.05, 3.63) is 0 Å². The summed E-state index contributed by atoms with van der Waals surface area (Å²) in [6, 6.07) is 0.294. The van der Waals surface area contributed by atoms with Gasteiger partial charge in [-0.15, -0.1) is 0 Å². The highest BCUT2D eigenvalue weighted by atomic mass is 32.2. The van der Waals surface area contributed by atoms with Crippen LogP contribution in [0.25, 0.3) is 0 Å². The molecule has 1 aliphatic heterocycles. The summed E-state index contributed by atoms with van der Waals surface area (Å²) in [6.07, 6.45) is 3.68. The number of nitrogens with zero attached hydrogens (tertiary/aromatic N) is 1. The fourth-order valence-corrected chi connectivity index (χ4v) is 3.74. The Morgan fingerprint density at radius 3 is 3.00 bits per heavy atom. The van der Waals surface area contributed by atoms with Crippen LogP contribution in [-0.2, 0) is 4.79 Å². The number of aliphatic hydroxyl groups excluding tert-OH is 1. The minimum Gasteiger partial charge on any atom is -0.393 e. The lowest BCUT2D eigenvalue weighted by atomic mass is 9.80. The molecule has 1 N–H and O–H groups in total. The molecule has 1 amide bonds. The van der Waals surface area contributed by atoms with Crippen LogP contribution in [0.4, 0.5) is 0 Å². The Morgan fingerprint density at radius 2 is 2.31 bits per heavy atom. The van der Waals surface area contributed by atoms with Crippen molar-refractivity contribution in [2.24, 2.45) is 5.92 Å². The van der Waals surface area contributed by atoms with Crippen LogP contribution >= 0.6 is 11.8 Å². The number of rotatable bonds is 2. The van der Waals surface area contributed by atoms with Gasteiger partial charge in [0.05, 0.1) is 11.9 Å². The molecule has 0 aromatic rings. The van der Waals surface area contributed by atoms with Crippen LogP contribution < -0.4 is 0 Å². The molecule has 4 heteroatoms. The SMILES string of the molecule is CCC1CCC(O)CC1N1CCSCC1=O. The van der Waals surface area contributed by atoms with E-state index in [-0.39, 0.29) is 12.0 Å². The first-order chi connectivity index (χ1) is 7.72. The first kappa shape index (κ1) is 12.2. The van der Waals surface area contributed by atoms with Gasteiger partial charge in [-0.25, -0.2) is 0 Å². The lowest BCUT2D eigenvalue weighted by Gasteiger charge is -2.42. The van der Waals surface area contributed by atoms with Crippen molar-refractivity contribution in [2.75, 3.05) is 18.1 Å². The molecule has 92 valence electrons. The van der Waals surface area contributed by atoms with Gasteiger partial charge in [0, 0.05) is 18.3 Å². The molecule has 0 aromatic heterocycles. The van der Waals surface area contributed by atoms with Gasteiger partial charge in [0.15, 0.2) is 0 Å². The zero-order valence-corrected chi connectivity index (χ0v) is 10.7. The van der Waals surface area contributed by atoms with Crippen molar-refractivity contribution in [3.63, 3.8) is 0 Å². The number of carbonyl (C=O) groups is 1. The first-order valence-corrected chi connectivity index (χ1v) is 7.43. The molecule has 1 heterocycles. The lowest BCUT2D eigenvalue weighted by molar-refractivity contribution is -0.133. The molecule has 1 saturated heterocycles. The molecule has 3 atom stereocenters. The van der Waals surface area contributed by atoms with E-state index in [1.54, 1.807) is 11.8 Å². The summed E-state index contributed by atoms with van der Waals surface area (Å²) >= 11 is 1.73. The van der Waals surface area contributed by atoms with Crippen molar-refractivity contribution < 1.29 is 9.90 Å². The van der Waals surface area contributed by atoms with Gasteiger partial charge in [-0.3, -0.25) is 4.79 Å². The fourth-order valence-electron chi connectivity index (χ4n) is 2.93. The van der Waals surface area contributed by atoms with Gasteiger partial charge in [-0.05, 0) is 25.2 Å². The zero-order chi connectivity index (χ0) is 11.5. The van der Waals surface area contributed by atoms with Crippen molar-refractivity contribution in [1.82, 2.24) is 4.90 Å². The number of amides is 1. The minimum atomic E-state index is -0.199.